The minimum Gasteiger partial charge on any atom is -0.309 e. The lowest BCUT2D eigenvalue weighted by Gasteiger charge is -2.10. The quantitative estimate of drug-likeness (QED) is 0.752. The zero-order valence-electron chi connectivity index (χ0n) is 13.9. The van der Waals surface area contributed by atoms with E-state index in [1.54, 1.807) is 0 Å². The Hall–Kier alpha value is -1.40. The van der Waals surface area contributed by atoms with Gasteiger partial charge in [-0.15, -0.1) is 0 Å². The zero-order valence-corrected chi connectivity index (χ0v) is 15.5. The third-order valence-electron chi connectivity index (χ3n) is 3.37. The van der Waals surface area contributed by atoms with Gasteiger partial charge in [0.05, 0.1) is 5.75 Å². The Morgan fingerprint density at radius 2 is 1.33 bits per heavy atom. The number of hydrogen-bond donors (Lipinski definition) is 2. The Morgan fingerprint density at radius 1 is 0.875 bits per heavy atom. The Kier molecular flexibility index (Phi) is 6.80. The van der Waals surface area contributed by atoms with E-state index in [1.807, 2.05) is 62.4 Å². The van der Waals surface area contributed by atoms with Crippen LogP contribution in [0.5, 0.6) is 0 Å². The van der Waals surface area contributed by atoms with Crippen molar-refractivity contribution in [2.75, 3.05) is 0 Å². The van der Waals surface area contributed by atoms with Crippen LogP contribution < -0.4 is 10.0 Å². The first-order chi connectivity index (χ1) is 11.3. The van der Waals surface area contributed by atoms with Crippen molar-refractivity contribution in [1.82, 2.24) is 10.0 Å². The normalized spacial score (nSPS) is 11.8. The van der Waals surface area contributed by atoms with Gasteiger partial charge in [-0.2, -0.15) is 0 Å². The molecule has 0 aliphatic carbocycles. The highest BCUT2D eigenvalue weighted by molar-refractivity contribution is 7.88. The molecule has 0 saturated heterocycles. The highest BCUT2D eigenvalue weighted by Gasteiger charge is 2.12. The van der Waals surface area contributed by atoms with Gasteiger partial charge >= 0.3 is 0 Å². The third-order valence-corrected chi connectivity index (χ3v) is 5.16. The van der Waals surface area contributed by atoms with Crippen LogP contribution in [-0.4, -0.2) is 14.5 Å². The van der Waals surface area contributed by atoms with Gasteiger partial charge < -0.3 is 5.32 Å². The van der Waals surface area contributed by atoms with Gasteiger partial charge in [-0.25, -0.2) is 13.1 Å². The number of rotatable bonds is 8. The highest BCUT2D eigenvalue weighted by Crippen LogP contribution is 2.11. The van der Waals surface area contributed by atoms with Crippen molar-refractivity contribution in [3.63, 3.8) is 0 Å². The van der Waals surface area contributed by atoms with E-state index in [0.717, 1.165) is 29.2 Å². The van der Waals surface area contributed by atoms with E-state index in [-0.39, 0.29) is 11.8 Å². The van der Waals surface area contributed by atoms with Crippen molar-refractivity contribution >= 4 is 21.6 Å². The zero-order chi connectivity index (χ0) is 17.6. The van der Waals surface area contributed by atoms with Crippen LogP contribution in [0.1, 0.15) is 30.5 Å². The van der Waals surface area contributed by atoms with Crippen molar-refractivity contribution in [2.24, 2.45) is 0 Å². The molecular weight excluding hydrogens is 344 g/mol. The standard InChI is InChI=1S/C18H23ClN2O2S/c1-14(2)21-24(22,23)13-17-5-3-15(4-6-17)11-20-12-16-7-9-18(19)10-8-16/h3-10,14,20-21H,11-13H2,1-2H3. The SMILES string of the molecule is CC(C)NS(=O)(=O)Cc1ccc(CNCc2ccc(Cl)cc2)cc1. The van der Waals surface area contributed by atoms with Crippen LogP contribution in [0.2, 0.25) is 5.02 Å². The summed E-state index contributed by atoms with van der Waals surface area (Å²) in [6.45, 7) is 5.10. The van der Waals surface area contributed by atoms with E-state index in [4.69, 9.17) is 11.6 Å². The van der Waals surface area contributed by atoms with Gasteiger partial charge in [0.2, 0.25) is 10.0 Å². The van der Waals surface area contributed by atoms with Crippen molar-refractivity contribution < 1.29 is 8.42 Å². The van der Waals surface area contributed by atoms with Gasteiger partial charge in [-0.05, 0) is 42.7 Å². The average Bonchev–Trinajstić information content (AvgIpc) is 2.49. The summed E-state index contributed by atoms with van der Waals surface area (Å²) in [7, 11) is -3.28. The molecule has 0 heterocycles. The van der Waals surface area contributed by atoms with E-state index in [0.29, 0.717) is 0 Å². The van der Waals surface area contributed by atoms with Crippen molar-refractivity contribution in [3.8, 4) is 0 Å². The molecule has 24 heavy (non-hydrogen) atoms. The average molecular weight is 367 g/mol. The fourth-order valence-electron chi connectivity index (χ4n) is 2.33. The fraction of sp³-hybridized carbons (Fsp3) is 0.333. The predicted molar refractivity (Wildman–Crippen MR) is 99.3 cm³/mol. The van der Waals surface area contributed by atoms with Gasteiger partial charge in [0, 0.05) is 24.2 Å². The van der Waals surface area contributed by atoms with Crippen LogP contribution in [0.15, 0.2) is 48.5 Å². The maximum atomic E-state index is 11.9. The molecule has 130 valence electrons. The lowest BCUT2D eigenvalue weighted by Crippen LogP contribution is -2.31. The van der Waals surface area contributed by atoms with Crippen LogP contribution in [-0.2, 0) is 28.9 Å². The first-order valence-corrected chi connectivity index (χ1v) is 9.90. The monoisotopic (exact) mass is 366 g/mol. The number of sulfonamides is 1. The van der Waals surface area contributed by atoms with E-state index < -0.39 is 10.0 Å². The molecule has 2 rings (SSSR count). The summed E-state index contributed by atoms with van der Waals surface area (Å²) in [5, 5.41) is 4.09. The molecule has 0 fully saturated rings. The number of nitrogens with one attached hydrogen (secondary N) is 2. The fourth-order valence-corrected chi connectivity index (χ4v) is 3.89. The Morgan fingerprint density at radius 3 is 1.83 bits per heavy atom. The van der Waals surface area contributed by atoms with E-state index in [9.17, 15) is 8.42 Å². The molecule has 6 heteroatoms. The summed E-state index contributed by atoms with van der Waals surface area (Å²) in [5.41, 5.74) is 3.06. The smallest absolute Gasteiger partial charge is 0.216 e. The lowest BCUT2D eigenvalue weighted by atomic mass is 10.1. The second-order valence-electron chi connectivity index (χ2n) is 6.08. The molecule has 0 aromatic heterocycles. The van der Waals surface area contributed by atoms with Crippen molar-refractivity contribution in [2.45, 2.75) is 38.7 Å². The summed E-state index contributed by atoms with van der Waals surface area (Å²) < 4.78 is 26.4. The van der Waals surface area contributed by atoms with Crippen LogP contribution in [0.4, 0.5) is 0 Å². The first kappa shape index (κ1) is 18.9. The number of halogens is 1. The summed E-state index contributed by atoms with van der Waals surface area (Å²) in [5.74, 6) is 0.00363. The Balaban J connectivity index is 1.84. The van der Waals surface area contributed by atoms with E-state index >= 15 is 0 Å². The molecule has 0 amide bonds. The second-order valence-corrected chi connectivity index (χ2v) is 8.27. The molecular formula is C18H23ClN2O2S. The second kappa shape index (κ2) is 8.62. The molecule has 0 bridgehead atoms. The van der Waals surface area contributed by atoms with Crippen molar-refractivity contribution in [1.29, 1.82) is 0 Å². The summed E-state index contributed by atoms with van der Waals surface area (Å²) in [6.07, 6.45) is 0. The molecule has 0 aliphatic rings. The molecule has 0 spiro atoms. The Labute approximate surface area is 149 Å². The largest absolute Gasteiger partial charge is 0.309 e. The van der Waals surface area contributed by atoms with Crippen LogP contribution >= 0.6 is 11.6 Å². The van der Waals surface area contributed by atoms with Crippen LogP contribution in [0.25, 0.3) is 0 Å². The Bertz CT molecular complexity index is 742. The molecule has 4 nitrogen and oxygen atoms in total. The molecule has 0 unspecified atom stereocenters. The molecule has 2 aromatic rings. The third kappa shape index (κ3) is 6.61. The van der Waals surface area contributed by atoms with Gasteiger partial charge in [0.1, 0.15) is 0 Å². The maximum Gasteiger partial charge on any atom is 0.216 e. The first-order valence-electron chi connectivity index (χ1n) is 7.87. The topological polar surface area (TPSA) is 58.2 Å². The highest BCUT2D eigenvalue weighted by atomic mass is 35.5. The van der Waals surface area contributed by atoms with E-state index in [2.05, 4.69) is 10.0 Å². The maximum absolute atomic E-state index is 11.9. The summed E-state index contributed by atoms with van der Waals surface area (Å²) in [6, 6.07) is 15.3. The van der Waals surface area contributed by atoms with Crippen LogP contribution in [0, 0.1) is 0 Å². The molecule has 0 saturated carbocycles. The van der Waals surface area contributed by atoms with Gasteiger partial charge in [0.15, 0.2) is 0 Å². The van der Waals surface area contributed by atoms with Crippen molar-refractivity contribution in [3.05, 3.63) is 70.2 Å². The van der Waals surface area contributed by atoms with Crippen LogP contribution in [0.3, 0.4) is 0 Å². The number of benzene rings is 2. The number of hydrogen-bond acceptors (Lipinski definition) is 3. The van der Waals surface area contributed by atoms with Gasteiger partial charge in [-0.1, -0.05) is 48.0 Å². The molecule has 2 N–H and O–H groups in total. The van der Waals surface area contributed by atoms with Gasteiger partial charge in [0.25, 0.3) is 0 Å². The summed E-state index contributed by atoms with van der Waals surface area (Å²) in [4.78, 5) is 0. The minimum atomic E-state index is -3.28. The minimum absolute atomic E-state index is 0.00363. The molecule has 0 radical (unpaired) electrons. The van der Waals surface area contributed by atoms with E-state index in [1.165, 1.54) is 5.56 Å². The van der Waals surface area contributed by atoms with Gasteiger partial charge in [-0.3, -0.25) is 0 Å². The molecule has 2 aromatic carbocycles. The lowest BCUT2D eigenvalue weighted by molar-refractivity contribution is 0.569. The molecule has 0 atom stereocenters. The molecule has 0 aliphatic heterocycles. The summed E-state index contributed by atoms with van der Waals surface area (Å²) >= 11 is 5.86. The predicted octanol–water partition coefficient (Wildman–Crippen LogP) is 3.46.